The molecule has 2 aliphatic rings. The lowest BCUT2D eigenvalue weighted by Crippen LogP contribution is -2.49. The fourth-order valence-corrected chi connectivity index (χ4v) is 6.42. The molecule has 3 aromatic rings. The molecule has 10 heteroatoms. The number of hydrogen-bond acceptors (Lipinski definition) is 8. The summed E-state index contributed by atoms with van der Waals surface area (Å²) in [5, 5.41) is 29.1. The van der Waals surface area contributed by atoms with E-state index in [2.05, 4.69) is 71.1 Å². The van der Waals surface area contributed by atoms with Crippen molar-refractivity contribution >= 4 is 11.6 Å². The zero-order chi connectivity index (χ0) is 30.2. The van der Waals surface area contributed by atoms with Crippen molar-refractivity contribution in [3.05, 3.63) is 106 Å². The van der Waals surface area contributed by atoms with Crippen LogP contribution in [0.3, 0.4) is 0 Å². The van der Waals surface area contributed by atoms with Crippen LogP contribution in [0.1, 0.15) is 77.6 Å². The van der Waals surface area contributed by atoms with Crippen molar-refractivity contribution in [3.8, 4) is 6.07 Å². The smallest absolute Gasteiger partial charge is 0.248 e. The molecular weight excluding hydrogens is 526 g/mol. The minimum Gasteiger partial charge on any atom is -0.399 e. The van der Waals surface area contributed by atoms with Crippen molar-refractivity contribution in [2.24, 2.45) is 11.5 Å². The van der Waals surface area contributed by atoms with Gasteiger partial charge in [-0.2, -0.15) is 10.5 Å². The summed E-state index contributed by atoms with van der Waals surface area (Å²) >= 11 is 0. The van der Waals surface area contributed by atoms with Crippen LogP contribution in [-0.2, 0) is 18.3 Å². The second kappa shape index (κ2) is 10.9. The molecule has 2 unspecified atom stereocenters. The van der Waals surface area contributed by atoms with Crippen LogP contribution in [-0.4, -0.2) is 49.6 Å². The van der Waals surface area contributed by atoms with Gasteiger partial charge < -0.3 is 21.7 Å². The summed E-state index contributed by atoms with van der Waals surface area (Å²) in [6.45, 7) is 15.0. The molecule has 5 rings (SSSR count). The molecule has 0 spiro atoms. The zero-order valence-electron chi connectivity index (χ0n) is 24.4. The van der Waals surface area contributed by atoms with E-state index in [4.69, 9.17) is 11.5 Å². The summed E-state index contributed by atoms with van der Waals surface area (Å²) in [4.78, 5) is 14.1. The van der Waals surface area contributed by atoms with Crippen LogP contribution in [0.2, 0.25) is 0 Å². The van der Waals surface area contributed by atoms with Crippen molar-refractivity contribution < 1.29 is 4.79 Å². The fraction of sp³-hybridized carbons (Fsp3) is 0.344. The number of carbonyl (C=O) groups excluding carboxylic acids is 1. The molecule has 6 N–H and O–H groups in total. The second-order valence-corrected chi connectivity index (χ2v) is 12.0. The van der Waals surface area contributed by atoms with Crippen molar-refractivity contribution in [1.82, 2.24) is 30.8 Å². The average Bonchev–Trinajstić information content (AvgIpc) is 3.61. The van der Waals surface area contributed by atoms with Crippen molar-refractivity contribution in [1.29, 1.82) is 5.26 Å². The molecule has 1 amide bonds. The largest absolute Gasteiger partial charge is 0.399 e. The second-order valence-electron chi connectivity index (χ2n) is 12.0. The number of aromatic nitrogens is 4. The summed E-state index contributed by atoms with van der Waals surface area (Å²) in [5.74, 6) is 0.0446. The lowest BCUT2D eigenvalue weighted by Gasteiger charge is -2.41. The van der Waals surface area contributed by atoms with Gasteiger partial charge in [-0.05, 0) is 86.1 Å². The van der Waals surface area contributed by atoms with Gasteiger partial charge >= 0.3 is 0 Å². The standard InChI is InChI=1S/C32H37N9O/c1-19-12-26(15-33)41(17-19)20(2)16-36-31(4,5)18-32(30-37-39-40-38-30)27-10-8-22(21(3)34)13-23(27)6-7-24-14-25(29(35)42)9-11-28(24)32/h8-11,13-14,17,26,36H,2-3,6-7,12,16,18,34H2,1,4-5H3,(H2,35,42)(H,37,38,39,40). The Hall–Kier alpha value is -4.75. The molecule has 2 heterocycles. The predicted octanol–water partition coefficient (Wildman–Crippen LogP) is 3.43. The van der Waals surface area contributed by atoms with E-state index in [1.807, 2.05) is 36.2 Å². The predicted molar refractivity (Wildman–Crippen MR) is 162 cm³/mol. The first-order valence-electron chi connectivity index (χ1n) is 14.0. The lowest BCUT2D eigenvalue weighted by atomic mass is 9.65. The number of nitrogens with one attached hydrogen (secondary N) is 2. The summed E-state index contributed by atoms with van der Waals surface area (Å²) < 4.78 is 0. The number of H-pyrrole nitrogens is 1. The van der Waals surface area contributed by atoms with E-state index in [-0.39, 0.29) is 6.04 Å². The van der Waals surface area contributed by atoms with Crippen LogP contribution in [0.15, 0.2) is 67.0 Å². The number of nitrogens with two attached hydrogens (primary N) is 2. The third kappa shape index (κ3) is 5.19. The molecule has 10 nitrogen and oxygen atoms in total. The Kier molecular flexibility index (Phi) is 7.47. The molecule has 0 bridgehead atoms. The number of amides is 1. The number of primary amides is 1. The number of fused-ring (bicyclic) bond motifs is 2. The molecule has 0 radical (unpaired) electrons. The van der Waals surface area contributed by atoms with Gasteiger partial charge in [-0.25, -0.2) is 0 Å². The SMILES string of the molecule is C=C(N)c1ccc2c(c1)CCc1cc(C(N)=O)ccc1C2(CC(C)(C)NCC(=C)N1C=C(C)CC1C#N)c1nn[nH]n1. The Balaban J connectivity index is 1.62. The first-order valence-corrected chi connectivity index (χ1v) is 14.0. The summed E-state index contributed by atoms with van der Waals surface area (Å²) in [7, 11) is 0. The molecule has 216 valence electrons. The molecule has 42 heavy (non-hydrogen) atoms. The van der Waals surface area contributed by atoms with Crippen LogP contribution < -0.4 is 16.8 Å². The number of rotatable bonds is 9. The van der Waals surface area contributed by atoms with E-state index in [1.165, 1.54) is 0 Å². The molecule has 1 aliphatic carbocycles. The van der Waals surface area contributed by atoms with Crippen molar-refractivity contribution in [2.45, 2.75) is 63.5 Å². The van der Waals surface area contributed by atoms with Crippen molar-refractivity contribution in [2.75, 3.05) is 6.54 Å². The maximum absolute atomic E-state index is 12.2. The van der Waals surface area contributed by atoms with Crippen LogP contribution in [0.4, 0.5) is 0 Å². The minimum atomic E-state index is -0.837. The molecule has 2 aromatic carbocycles. The number of aromatic amines is 1. The van der Waals surface area contributed by atoms with Gasteiger partial charge in [-0.15, -0.1) is 10.2 Å². The van der Waals surface area contributed by atoms with Gasteiger partial charge in [0, 0.05) is 41.7 Å². The monoisotopic (exact) mass is 563 g/mol. The van der Waals surface area contributed by atoms with E-state index < -0.39 is 16.9 Å². The first-order chi connectivity index (χ1) is 19.9. The highest BCUT2D eigenvalue weighted by Gasteiger charge is 2.48. The summed E-state index contributed by atoms with van der Waals surface area (Å²) in [6, 6.07) is 13.9. The van der Waals surface area contributed by atoms with Crippen LogP contribution in [0.5, 0.6) is 0 Å². The molecule has 0 saturated carbocycles. The van der Waals surface area contributed by atoms with Gasteiger partial charge in [-0.3, -0.25) is 4.79 Å². The van der Waals surface area contributed by atoms with Gasteiger partial charge in [0.25, 0.3) is 0 Å². The molecule has 1 aliphatic heterocycles. The Morgan fingerprint density at radius 3 is 2.38 bits per heavy atom. The number of nitrogens with zero attached hydrogens (tertiary/aromatic N) is 5. The Labute approximate surface area is 246 Å². The highest BCUT2D eigenvalue weighted by atomic mass is 16.1. The third-order valence-electron chi connectivity index (χ3n) is 8.38. The number of nitriles is 1. The maximum atomic E-state index is 12.2. The zero-order valence-corrected chi connectivity index (χ0v) is 24.4. The van der Waals surface area contributed by atoms with Crippen molar-refractivity contribution in [3.63, 3.8) is 0 Å². The van der Waals surface area contributed by atoms with Crippen LogP contribution >= 0.6 is 0 Å². The molecular formula is C32H37N9O. The molecule has 1 aromatic heterocycles. The quantitative estimate of drug-likeness (QED) is 0.308. The van der Waals surface area contributed by atoms with Crippen LogP contribution in [0.25, 0.3) is 5.70 Å². The van der Waals surface area contributed by atoms with E-state index >= 15 is 0 Å². The average molecular weight is 564 g/mol. The Morgan fingerprint density at radius 2 is 1.81 bits per heavy atom. The molecule has 0 fully saturated rings. The first kappa shape index (κ1) is 28.8. The minimum absolute atomic E-state index is 0.250. The third-order valence-corrected chi connectivity index (χ3v) is 8.38. The number of carbonyl (C=O) groups is 1. The lowest BCUT2D eigenvalue weighted by molar-refractivity contribution is 0.1000. The van der Waals surface area contributed by atoms with Gasteiger partial charge in [0.05, 0.1) is 11.5 Å². The highest BCUT2D eigenvalue weighted by molar-refractivity contribution is 5.93. The topological polar surface area (TPSA) is 163 Å². The van der Waals surface area contributed by atoms with Crippen LogP contribution in [0, 0.1) is 11.3 Å². The fourth-order valence-electron chi connectivity index (χ4n) is 6.42. The molecule has 2 atom stereocenters. The van der Waals surface area contributed by atoms with E-state index in [9.17, 15) is 10.1 Å². The van der Waals surface area contributed by atoms with Gasteiger partial charge in [-0.1, -0.05) is 42.1 Å². The Bertz CT molecular complexity index is 1560. The number of hydrogen-bond donors (Lipinski definition) is 4. The molecule has 0 saturated heterocycles. The maximum Gasteiger partial charge on any atom is 0.248 e. The Morgan fingerprint density at radius 1 is 1.17 bits per heavy atom. The van der Waals surface area contributed by atoms with E-state index in [0.29, 0.717) is 49.3 Å². The van der Waals surface area contributed by atoms with Gasteiger partial charge in [0.15, 0.2) is 5.82 Å². The normalized spacial score (nSPS) is 19.7. The highest BCUT2D eigenvalue weighted by Crippen LogP contribution is 2.48. The number of benzene rings is 2. The van der Waals surface area contributed by atoms with E-state index in [0.717, 1.165) is 39.1 Å². The van der Waals surface area contributed by atoms with E-state index in [1.54, 1.807) is 6.07 Å². The van der Waals surface area contributed by atoms with Gasteiger partial charge in [0.1, 0.15) is 6.04 Å². The summed E-state index contributed by atoms with van der Waals surface area (Å²) in [6.07, 6.45) is 4.65. The van der Waals surface area contributed by atoms with Gasteiger partial charge in [0.2, 0.25) is 5.91 Å². The number of aryl methyl sites for hydroxylation is 2. The number of tetrazole rings is 1. The summed E-state index contributed by atoms with van der Waals surface area (Å²) in [5.41, 5.74) is 18.4.